The predicted molar refractivity (Wildman–Crippen MR) is 141 cm³/mol. The maximum Gasteiger partial charge on any atom is 0.240 e. The third kappa shape index (κ3) is 5.25. The maximum atomic E-state index is 14.5. The van der Waals surface area contributed by atoms with Gasteiger partial charge in [-0.15, -0.1) is 5.10 Å². The number of rotatable bonds is 7. The van der Waals surface area contributed by atoms with Gasteiger partial charge in [0.1, 0.15) is 17.7 Å². The first kappa shape index (κ1) is 25.1. The third-order valence-electron chi connectivity index (χ3n) is 6.52. The molecule has 0 amide bonds. The molecule has 0 bridgehead atoms. The lowest BCUT2D eigenvalue weighted by Gasteiger charge is -2.16. The van der Waals surface area contributed by atoms with Crippen LogP contribution >= 0.6 is 0 Å². The van der Waals surface area contributed by atoms with Gasteiger partial charge in [0, 0.05) is 35.4 Å². The Morgan fingerprint density at radius 2 is 1.90 bits per heavy atom. The number of nitrogens with zero attached hydrogens (tertiary/aromatic N) is 5. The molecule has 6 rings (SSSR count). The van der Waals surface area contributed by atoms with Gasteiger partial charge in [-0.2, -0.15) is 5.10 Å². The number of hydrogen-bond acceptors (Lipinski definition) is 6. The van der Waals surface area contributed by atoms with E-state index in [-0.39, 0.29) is 6.10 Å². The molecule has 8 nitrogen and oxygen atoms in total. The number of benzene rings is 2. The molecule has 4 heterocycles. The van der Waals surface area contributed by atoms with E-state index in [0.717, 1.165) is 29.2 Å². The average Bonchev–Trinajstić information content (AvgIpc) is 3.64. The number of imidazole rings is 1. The third-order valence-corrected chi connectivity index (χ3v) is 6.52. The smallest absolute Gasteiger partial charge is 0.240 e. The van der Waals surface area contributed by atoms with E-state index in [9.17, 15) is 13.9 Å². The fourth-order valence-corrected chi connectivity index (χ4v) is 4.71. The minimum absolute atomic E-state index is 0.142. The summed E-state index contributed by atoms with van der Waals surface area (Å²) in [6.07, 6.45) is 5.86. The number of halogens is 2. The second-order valence-corrected chi connectivity index (χ2v) is 10.3. The highest BCUT2D eigenvalue weighted by Crippen LogP contribution is 2.34. The molecule has 0 radical (unpaired) electrons. The highest BCUT2D eigenvalue weighted by Gasteiger charge is 2.23. The molecule has 39 heavy (non-hydrogen) atoms. The summed E-state index contributed by atoms with van der Waals surface area (Å²) in [7, 11) is 0. The monoisotopic (exact) mass is 531 g/mol. The second kappa shape index (κ2) is 9.87. The minimum Gasteiger partial charge on any atom is -0.470 e. The Kier molecular flexibility index (Phi) is 6.36. The Morgan fingerprint density at radius 3 is 2.67 bits per heavy atom. The fourth-order valence-electron chi connectivity index (χ4n) is 4.71. The number of fused-ring (bicyclic) bond motifs is 1. The van der Waals surface area contributed by atoms with Crippen LogP contribution in [-0.4, -0.2) is 54.4 Å². The summed E-state index contributed by atoms with van der Waals surface area (Å²) in [6.45, 7) is 4.87. The van der Waals surface area contributed by atoms with E-state index in [1.165, 1.54) is 12.1 Å². The lowest BCUT2D eigenvalue weighted by molar-refractivity contribution is 0.0577. The Labute approximate surface area is 223 Å². The van der Waals surface area contributed by atoms with Gasteiger partial charge in [0.15, 0.2) is 5.65 Å². The van der Waals surface area contributed by atoms with E-state index in [0.29, 0.717) is 48.1 Å². The fraction of sp³-hybridized carbons (Fsp3) is 0.276. The van der Waals surface area contributed by atoms with Gasteiger partial charge in [0.25, 0.3) is 0 Å². The van der Waals surface area contributed by atoms with Crippen molar-refractivity contribution >= 4 is 5.65 Å². The molecule has 2 aromatic carbocycles. The van der Waals surface area contributed by atoms with Gasteiger partial charge in [0.2, 0.25) is 5.88 Å². The van der Waals surface area contributed by atoms with E-state index in [1.54, 1.807) is 41.5 Å². The Hall–Kier alpha value is -4.15. The molecule has 200 valence electrons. The van der Waals surface area contributed by atoms with E-state index < -0.39 is 17.2 Å². The van der Waals surface area contributed by atoms with Crippen molar-refractivity contribution in [2.24, 2.45) is 0 Å². The van der Waals surface area contributed by atoms with E-state index in [4.69, 9.17) is 14.6 Å². The molecule has 0 saturated carbocycles. The van der Waals surface area contributed by atoms with Gasteiger partial charge in [-0.1, -0.05) is 18.2 Å². The summed E-state index contributed by atoms with van der Waals surface area (Å²) in [5, 5.41) is 19.4. The molecular formula is C29H27F2N5O3. The molecule has 1 unspecified atom stereocenters. The van der Waals surface area contributed by atoms with Gasteiger partial charge >= 0.3 is 0 Å². The van der Waals surface area contributed by atoms with Crippen molar-refractivity contribution in [1.82, 2.24) is 24.4 Å². The molecule has 1 saturated heterocycles. The van der Waals surface area contributed by atoms with Crippen LogP contribution in [0.1, 0.15) is 20.3 Å². The minimum atomic E-state index is -0.921. The normalized spacial score (nSPS) is 15.8. The van der Waals surface area contributed by atoms with Crippen LogP contribution in [-0.2, 0) is 11.3 Å². The molecule has 1 aliphatic rings. The molecule has 3 aromatic heterocycles. The highest BCUT2D eigenvalue weighted by molar-refractivity contribution is 5.75. The van der Waals surface area contributed by atoms with Gasteiger partial charge in [-0.3, -0.25) is 4.68 Å². The summed E-state index contributed by atoms with van der Waals surface area (Å²) >= 11 is 0. The average molecular weight is 532 g/mol. The van der Waals surface area contributed by atoms with Gasteiger partial charge in [0.05, 0.1) is 49.0 Å². The predicted octanol–water partition coefficient (Wildman–Crippen LogP) is 5.14. The van der Waals surface area contributed by atoms with Crippen LogP contribution in [0.4, 0.5) is 8.78 Å². The van der Waals surface area contributed by atoms with E-state index in [2.05, 4.69) is 10.1 Å². The van der Waals surface area contributed by atoms with Crippen molar-refractivity contribution in [2.75, 3.05) is 13.2 Å². The van der Waals surface area contributed by atoms with Crippen LogP contribution in [0.3, 0.4) is 0 Å². The highest BCUT2D eigenvalue weighted by atomic mass is 19.1. The number of aromatic nitrogens is 5. The largest absolute Gasteiger partial charge is 0.470 e. The van der Waals surface area contributed by atoms with Crippen LogP contribution in [0.5, 0.6) is 5.88 Å². The van der Waals surface area contributed by atoms with Crippen LogP contribution in [0.2, 0.25) is 0 Å². The van der Waals surface area contributed by atoms with E-state index in [1.807, 2.05) is 30.5 Å². The molecular weight excluding hydrogens is 504 g/mol. The first-order valence-corrected chi connectivity index (χ1v) is 12.7. The SMILES string of the molecule is CC(C)(O)Cn1cc(-c2cc3ncc(-c4cccc(-c5ccc(F)cc5F)c4)n3nc2OC2CCOC2)cn1. The van der Waals surface area contributed by atoms with Crippen molar-refractivity contribution < 1.29 is 23.4 Å². The summed E-state index contributed by atoms with van der Waals surface area (Å²) in [6, 6.07) is 12.7. The molecule has 1 aliphatic heterocycles. The standard InChI is InChI=1S/C29H27F2N5O3/c1-29(2,37)17-35-15-20(13-33-35)24-12-27-32-14-26(36(27)34-28(24)39-22-8-9-38-16-22)19-5-3-4-18(10-19)23-7-6-21(30)11-25(23)31/h3-7,10-15,22,37H,8-9,16-17H2,1-2H3. The molecule has 1 atom stereocenters. The molecule has 1 N–H and O–H groups in total. The van der Waals surface area contributed by atoms with E-state index >= 15 is 0 Å². The Bertz CT molecular complexity index is 1650. The van der Waals surface area contributed by atoms with Crippen molar-refractivity contribution in [3.05, 3.63) is 78.8 Å². The number of hydrogen-bond donors (Lipinski definition) is 1. The van der Waals surface area contributed by atoms with Gasteiger partial charge in [-0.25, -0.2) is 18.3 Å². The Balaban J connectivity index is 1.43. The molecule has 5 aromatic rings. The molecule has 1 fully saturated rings. The number of ether oxygens (including phenoxy) is 2. The number of aliphatic hydroxyl groups is 1. The van der Waals surface area contributed by atoms with Crippen LogP contribution < -0.4 is 4.74 Å². The first-order chi connectivity index (χ1) is 18.7. The zero-order valence-corrected chi connectivity index (χ0v) is 21.5. The lowest BCUT2D eigenvalue weighted by atomic mass is 10.0. The van der Waals surface area contributed by atoms with Crippen LogP contribution in [0.25, 0.3) is 39.2 Å². The van der Waals surface area contributed by atoms with Gasteiger partial charge in [-0.05, 0) is 43.7 Å². The van der Waals surface area contributed by atoms with Crippen molar-refractivity contribution in [1.29, 1.82) is 0 Å². The summed E-state index contributed by atoms with van der Waals surface area (Å²) in [4.78, 5) is 4.58. The first-order valence-electron chi connectivity index (χ1n) is 12.7. The summed E-state index contributed by atoms with van der Waals surface area (Å²) in [5.74, 6) is -0.853. The molecule has 0 aliphatic carbocycles. The van der Waals surface area contributed by atoms with Crippen molar-refractivity contribution in [3.63, 3.8) is 0 Å². The summed E-state index contributed by atoms with van der Waals surface area (Å²) < 4.78 is 43.1. The quantitative estimate of drug-likeness (QED) is 0.313. The van der Waals surface area contributed by atoms with Crippen molar-refractivity contribution in [2.45, 2.75) is 38.5 Å². The van der Waals surface area contributed by atoms with Crippen LogP contribution in [0, 0.1) is 11.6 Å². The zero-order valence-electron chi connectivity index (χ0n) is 21.5. The Morgan fingerprint density at radius 1 is 1.05 bits per heavy atom. The zero-order chi connectivity index (χ0) is 27.1. The van der Waals surface area contributed by atoms with Crippen LogP contribution in [0.15, 0.2) is 67.1 Å². The van der Waals surface area contributed by atoms with Crippen molar-refractivity contribution in [3.8, 4) is 39.4 Å². The summed E-state index contributed by atoms with van der Waals surface area (Å²) in [5.41, 5.74) is 3.52. The topological polar surface area (TPSA) is 86.7 Å². The maximum absolute atomic E-state index is 14.5. The lowest BCUT2D eigenvalue weighted by Crippen LogP contribution is -2.26. The van der Waals surface area contributed by atoms with Gasteiger partial charge < -0.3 is 14.6 Å². The molecule has 10 heteroatoms. The molecule has 0 spiro atoms. The second-order valence-electron chi connectivity index (χ2n) is 10.3.